The number of hydrogen-bond acceptors (Lipinski definition) is 6. The molecule has 0 aliphatic rings. The highest BCUT2D eigenvalue weighted by atomic mass is 16.6. The van der Waals surface area contributed by atoms with Crippen molar-refractivity contribution < 1.29 is 4.92 Å². The molecule has 1 aromatic rings. The molecule has 1 unspecified atom stereocenters. The molecule has 1 aromatic heterocycles. The summed E-state index contributed by atoms with van der Waals surface area (Å²) in [6.07, 6.45) is 1.29. The van der Waals surface area contributed by atoms with E-state index in [0.29, 0.717) is 6.54 Å². The number of pyridine rings is 1. The third kappa shape index (κ3) is 3.15. The molecule has 96 valence electrons. The van der Waals surface area contributed by atoms with E-state index in [-0.39, 0.29) is 29.0 Å². The molecule has 1 heterocycles. The Labute approximate surface area is 105 Å². The molecule has 7 heteroatoms. The third-order valence-corrected chi connectivity index (χ3v) is 2.57. The van der Waals surface area contributed by atoms with E-state index in [1.165, 1.54) is 12.3 Å². The van der Waals surface area contributed by atoms with Gasteiger partial charge in [-0.15, -0.1) is 0 Å². The SMILES string of the molecule is CC(C)C(CN)Nc1ncc(C#N)cc1[N+](=O)[O-]. The third-order valence-electron chi connectivity index (χ3n) is 2.57. The maximum atomic E-state index is 10.9. The van der Waals surface area contributed by atoms with Crippen LogP contribution < -0.4 is 11.1 Å². The summed E-state index contributed by atoms with van der Waals surface area (Å²) < 4.78 is 0. The van der Waals surface area contributed by atoms with Crippen molar-refractivity contribution in [2.24, 2.45) is 11.7 Å². The number of nitrogens with two attached hydrogens (primary N) is 1. The summed E-state index contributed by atoms with van der Waals surface area (Å²) >= 11 is 0. The van der Waals surface area contributed by atoms with Gasteiger partial charge in [0, 0.05) is 24.8 Å². The summed E-state index contributed by atoms with van der Waals surface area (Å²) in [5.41, 5.74) is 5.53. The molecule has 0 fully saturated rings. The molecule has 7 nitrogen and oxygen atoms in total. The van der Waals surface area contributed by atoms with Gasteiger partial charge in [-0.3, -0.25) is 10.1 Å². The van der Waals surface area contributed by atoms with Gasteiger partial charge in [0.1, 0.15) is 6.07 Å². The summed E-state index contributed by atoms with van der Waals surface area (Å²) in [5, 5.41) is 22.6. The van der Waals surface area contributed by atoms with Gasteiger partial charge in [0.15, 0.2) is 0 Å². The Morgan fingerprint density at radius 2 is 2.33 bits per heavy atom. The zero-order valence-electron chi connectivity index (χ0n) is 10.3. The second-order valence-corrected chi connectivity index (χ2v) is 4.19. The lowest BCUT2D eigenvalue weighted by Gasteiger charge is -2.20. The highest BCUT2D eigenvalue weighted by Gasteiger charge is 2.20. The monoisotopic (exact) mass is 249 g/mol. The molecule has 0 aromatic carbocycles. The van der Waals surface area contributed by atoms with Crippen LogP contribution >= 0.6 is 0 Å². The van der Waals surface area contributed by atoms with Gasteiger partial charge in [0.2, 0.25) is 5.82 Å². The van der Waals surface area contributed by atoms with Crippen molar-refractivity contribution in [2.45, 2.75) is 19.9 Å². The lowest BCUT2D eigenvalue weighted by Crippen LogP contribution is -2.34. The van der Waals surface area contributed by atoms with Crippen LogP contribution in [0.4, 0.5) is 11.5 Å². The lowest BCUT2D eigenvalue weighted by atomic mass is 10.0. The van der Waals surface area contributed by atoms with Crippen molar-refractivity contribution in [3.05, 3.63) is 27.9 Å². The van der Waals surface area contributed by atoms with E-state index in [2.05, 4.69) is 10.3 Å². The van der Waals surface area contributed by atoms with Crippen LogP contribution in [0.2, 0.25) is 0 Å². The van der Waals surface area contributed by atoms with Crippen LogP contribution in [0.3, 0.4) is 0 Å². The Morgan fingerprint density at radius 3 is 2.78 bits per heavy atom. The zero-order valence-corrected chi connectivity index (χ0v) is 10.3. The number of rotatable bonds is 5. The van der Waals surface area contributed by atoms with E-state index in [1.807, 2.05) is 19.9 Å². The highest BCUT2D eigenvalue weighted by molar-refractivity contribution is 5.58. The van der Waals surface area contributed by atoms with Crippen molar-refractivity contribution in [3.8, 4) is 6.07 Å². The molecule has 0 aliphatic carbocycles. The first kappa shape index (κ1) is 13.9. The number of anilines is 1. The molecular formula is C11H15N5O2. The smallest absolute Gasteiger partial charge is 0.312 e. The van der Waals surface area contributed by atoms with Gasteiger partial charge in [-0.1, -0.05) is 13.8 Å². The topological polar surface area (TPSA) is 118 Å². The van der Waals surface area contributed by atoms with Gasteiger partial charge in [-0.25, -0.2) is 4.98 Å². The molecule has 0 aliphatic heterocycles. The van der Waals surface area contributed by atoms with Crippen LogP contribution in [0.15, 0.2) is 12.3 Å². The van der Waals surface area contributed by atoms with Crippen molar-refractivity contribution in [1.29, 1.82) is 5.26 Å². The quantitative estimate of drug-likeness (QED) is 0.599. The van der Waals surface area contributed by atoms with Crippen molar-refractivity contribution in [1.82, 2.24) is 4.98 Å². The predicted molar refractivity (Wildman–Crippen MR) is 66.9 cm³/mol. The molecule has 0 bridgehead atoms. The summed E-state index contributed by atoms with van der Waals surface area (Å²) in [6, 6.07) is 2.91. The molecule has 18 heavy (non-hydrogen) atoms. The molecule has 0 saturated carbocycles. The fraction of sp³-hybridized carbons (Fsp3) is 0.455. The van der Waals surface area contributed by atoms with E-state index in [0.717, 1.165) is 0 Å². The molecule has 0 radical (unpaired) electrons. The van der Waals surface area contributed by atoms with Gasteiger partial charge in [-0.2, -0.15) is 5.26 Å². The first-order valence-electron chi connectivity index (χ1n) is 5.50. The average molecular weight is 249 g/mol. The minimum absolute atomic E-state index is 0.107. The van der Waals surface area contributed by atoms with Crippen LogP contribution in [-0.4, -0.2) is 22.5 Å². The van der Waals surface area contributed by atoms with Crippen LogP contribution in [-0.2, 0) is 0 Å². The van der Waals surface area contributed by atoms with Gasteiger partial charge in [0.05, 0.1) is 10.5 Å². The molecule has 1 atom stereocenters. The second-order valence-electron chi connectivity index (χ2n) is 4.19. The van der Waals surface area contributed by atoms with Gasteiger partial charge < -0.3 is 11.1 Å². The fourth-order valence-electron chi connectivity index (χ4n) is 1.44. The molecule has 0 amide bonds. The van der Waals surface area contributed by atoms with Crippen LogP contribution in [0.5, 0.6) is 0 Å². The van der Waals surface area contributed by atoms with Gasteiger partial charge in [0.25, 0.3) is 0 Å². The number of nitro groups is 1. The average Bonchev–Trinajstić information content (AvgIpc) is 2.35. The van der Waals surface area contributed by atoms with Crippen molar-refractivity contribution >= 4 is 11.5 Å². The zero-order chi connectivity index (χ0) is 13.7. The lowest BCUT2D eigenvalue weighted by molar-refractivity contribution is -0.384. The molecule has 0 saturated heterocycles. The van der Waals surface area contributed by atoms with Crippen LogP contribution in [0, 0.1) is 27.4 Å². The normalized spacial score (nSPS) is 11.9. The largest absolute Gasteiger partial charge is 0.360 e. The molecule has 0 spiro atoms. The maximum absolute atomic E-state index is 10.9. The Hall–Kier alpha value is -2.20. The Morgan fingerprint density at radius 1 is 1.67 bits per heavy atom. The fourth-order valence-corrected chi connectivity index (χ4v) is 1.44. The van der Waals surface area contributed by atoms with E-state index in [4.69, 9.17) is 11.0 Å². The minimum Gasteiger partial charge on any atom is -0.360 e. The summed E-state index contributed by atoms with van der Waals surface area (Å²) in [5.74, 6) is 0.357. The molecular weight excluding hydrogens is 234 g/mol. The Balaban J connectivity index is 3.09. The van der Waals surface area contributed by atoms with Crippen molar-refractivity contribution in [3.63, 3.8) is 0 Å². The predicted octanol–water partition coefficient (Wildman–Crippen LogP) is 1.26. The second kappa shape index (κ2) is 5.93. The number of hydrogen-bond donors (Lipinski definition) is 2. The number of aromatic nitrogens is 1. The van der Waals surface area contributed by atoms with E-state index < -0.39 is 4.92 Å². The summed E-state index contributed by atoms with van der Waals surface area (Å²) in [4.78, 5) is 14.3. The standard InChI is InChI=1S/C11H15N5O2/c1-7(2)9(5-13)15-11-10(16(17)18)3-8(4-12)6-14-11/h3,6-7,9H,5,13H2,1-2H3,(H,14,15). The first-order valence-corrected chi connectivity index (χ1v) is 5.50. The Bertz CT molecular complexity index is 481. The van der Waals surface area contributed by atoms with E-state index >= 15 is 0 Å². The van der Waals surface area contributed by atoms with Crippen LogP contribution in [0.25, 0.3) is 0 Å². The van der Waals surface area contributed by atoms with E-state index in [9.17, 15) is 10.1 Å². The van der Waals surface area contributed by atoms with E-state index in [1.54, 1.807) is 0 Å². The summed E-state index contributed by atoms with van der Waals surface area (Å²) in [7, 11) is 0. The van der Waals surface area contributed by atoms with Gasteiger partial charge in [-0.05, 0) is 5.92 Å². The minimum atomic E-state index is -0.565. The number of nitrogens with one attached hydrogen (secondary N) is 1. The van der Waals surface area contributed by atoms with Crippen molar-refractivity contribution in [2.75, 3.05) is 11.9 Å². The maximum Gasteiger partial charge on any atom is 0.312 e. The number of nitrogens with zero attached hydrogens (tertiary/aromatic N) is 3. The van der Waals surface area contributed by atoms with Crippen LogP contribution in [0.1, 0.15) is 19.4 Å². The molecule has 3 N–H and O–H groups in total. The van der Waals surface area contributed by atoms with Gasteiger partial charge >= 0.3 is 5.69 Å². The Kier molecular flexibility index (Phi) is 4.57. The molecule has 1 rings (SSSR count). The summed E-state index contributed by atoms with van der Waals surface area (Å²) in [6.45, 7) is 4.26. The highest BCUT2D eigenvalue weighted by Crippen LogP contribution is 2.24. The number of nitriles is 1. The first-order chi connectivity index (χ1) is 8.49.